The van der Waals surface area contributed by atoms with Crippen molar-refractivity contribution in [2.24, 2.45) is 10.4 Å². The molecule has 0 bridgehead atoms. The second-order valence-electron chi connectivity index (χ2n) is 8.45. The average molecular weight is 402 g/mol. The molecule has 1 heterocycles. The number of ether oxygens (including phenoxy) is 2. The maximum absolute atomic E-state index is 11.9. The fourth-order valence-electron chi connectivity index (χ4n) is 3.70. The Kier molecular flexibility index (Phi) is 6.62. The maximum Gasteiger partial charge on any atom is 0.407 e. The molecule has 0 radical (unpaired) electrons. The predicted octanol–water partition coefficient (Wildman–Crippen LogP) is 3.73. The van der Waals surface area contributed by atoms with Crippen molar-refractivity contribution in [3.63, 3.8) is 0 Å². The molecular weight excluding hydrogens is 372 g/mol. The van der Waals surface area contributed by atoms with Crippen molar-refractivity contribution in [2.75, 3.05) is 34.4 Å². The Morgan fingerprint density at radius 1 is 1.41 bits per heavy atom. The van der Waals surface area contributed by atoms with E-state index in [0.717, 1.165) is 6.42 Å². The van der Waals surface area contributed by atoms with E-state index in [1.165, 1.54) is 12.0 Å². The quantitative estimate of drug-likeness (QED) is 0.575. The molecular formula is C21H30N4O4. The first-order valence-electron chi connectivity index (χ1n) is 9.52. The second kappa shape index (κ2) is 8.60. The van der Waals surface area contributed by atoms with Crippen LogP contribution in [0, 0.1) is 16.7 Å². The lowest BCUT2D eigenvalue weighted by Crippen LogP contribution is -2.58. The molecule has 1 aromatic carbocycles. The SMILES string of the molecule is COc1cc(C#N)c(N=CN(C)C)cc1OC[C@]1(C(C)(C)C)CCCN1C(=O)O. The monoisotopic (exact) mass is 402 g/mol. The standard InChI is InChI=1S/C21H30N4O4/c1-20(2,3)21(8-7-9-25(21)19(26)27)13-29-18-11-16(23-14-24(4)5)15(12-22)10-17(18)28-6/h10-11,14H,7-9,13H2,1-6H3,(H,26,27)/t21-/m0/s1. The number of methoxy groups -OCH3 is 1. The number of hydrogen-bond acceptors (Lipinski definition) is 5. The summed E-state index contributed by atoms with van der Waals surface area (Å²) in [6, 6.07) is 5.37. The van der Waals surface area contributed by atoms with Gasteiger partial charge in [0.05, 0.1) is 30.2 Å². The van der Waals surface area contributed by atoms with E-state index in [1.54, 1.807) is 23.4 Å². The Balaban J connectivity index is 2.43. The molecule has 1 aromatic rings. The van der Waals surface area contributed by atoms with Gasteiger partial charge in [-0.15, -0.1) is 0 Å². The number of nitriles is 1. The second-order valence-corrected chi connectivity index (χ2v) is 8.45. The van der Waals surface area contributed by atoms with Crippen molar-refractivity contribution < 1.29 is 19.4 Å². The highest BCUT2D eigenvalue weighted by molar-refractivity contribution is 5.69. The molecule has 0 aliphatic carbocycles. The van der Waals surface area contributed by atoms with Crippen LogP contribution in [-0.2, 0) is 0 Å². The molecule has 8 heteroatoms. The molecule has 1 atom stereocenters. The van der Waals surface area contributed by atoms with E-state index in [-0.39, 0.29) is 12.0 Å². The van der Waals surface area contributed by atoms with Gasteiger partial charge in [-0.25, -0.2) is 9.79 Å². The minimum absolute atomic E-state index is 0.182. The van der Waals surface area contributed by atoms with Gasteiger partial charge in [0.1, 0.15) is 12.7 Å². The molecule has 1 saturated heterocycles. The Morgan fingerprint density at radius 3 is 2.62 bits per heavy atom. The number of amides is 1. The molecule has 2 rings (SSSR count). The van der Waals surface area contributed by atoms with Crippen LogP contribution in [-0.4, -0.2) is 67.2 Å². The van der Waals surface area contributed by atoms with Crippen molar-refractivity contribution in [3.05, 3.63) is 17.7 Å². The molecule has 1 amide bonds. The minimum atomic E-state index is -0.941. The van der Waals surface area contributed by atoms with Crippen LogP contribution in [0.1, 0.15) is 39.2 Å². The summed E-state index contributed by atoms with van der Waals surface area (Å²) in [4.78, 5) is 19.5. The van der Waals surface area contributed by atoms with Crippen LogP contribution in [0.5, 0.6) is 11.5 Å². The van der Waals surface area contributed by atoms with Crippen molar-refractivity contribution >= 4 is 18.1 Å². The zero-order valence-corrected chi connectivity index (χ0v) is 18.0. The third-order valence-electron chi connectivity index (χ3n) is 5.41. The van der Waals surface area contributed by atoms with E-state index in [2.05, 4.69) is 11.1 Å². The number of nitrogens with zero attached hydrogens (tertiary/aromatic N) is 4. The molecule has 29 heavy (non-hydrogen) atoms. The van der Waals surface area contributed by atoms with Gasteiger partial charge in [-0.05, 0) is 18.3 Å². The first-order valence-corrected chi connectivity index (χ1v) is 9.52. The number of hydrogen-bond donors (Lipinski definition) is 1. The lowest BCUT2D eigenvalue weighted by atomic mass is 9.72. The van der Waals surface area contributed by atoms with E-state index in [9.17, 15) is 15.2 Å². The van der Waals surface area contributed by atoms with Crippen LogP contribution < -0.4 is 9.47 Å². The predicted molar refractivity (Wildman–Crippen MR) is 111 cm³/mol. The van der Waals surface area contributed by atoms with E-state index in [1.807, 2.05) is 34.9 Å². The van der Waals surface area contributed by atoms with Gasteiger partial charge in [0, 0.05) is 32.8 Å². The fraction of sp³-hybridized carbons (Fsp3) is 0.571. The zero-order chi connectivity index (χ0) is 21.8. The fourth-order valence-corrected chi connectivity index (χ4v) is 3.70. The highest BCUT2D eigenvalue weighted by Crippen LogP contribution is 2.45. The maximum atomic E-state index is 11.9. The van der Waals surface area contributed by atoms with Crippen LogP contribution in [0.25, 0.3) is 0 Å². The van der Waals surface area contributed by atoms with Crippen LogP contribution in [0.15, 0.2) is 17.1 Å². The summed E-state index contributed by atoms with van der Waals surface area (Å²) in [5.74, 6) is 0.840. The van der Waals surface area contributed by atoms with Gasteiger partial charge in [0.15, 0.2) is 11.5 Å². The molecule has 1 aliphatic heterocycles. The summed E-state index contributed by atoms with van der Waals surface area (Å²) < 4.78 is 11.6. The molecule has 8 nitrogen and oxygen atoms in total. The molecule has 1 N–H and O–H groups in total. The van der Waals surface area contributed by atoms with Gasteiger partial charge in [0.25, 0.3) is 0 Å². The van der Waals surface area contributed by atoms with E-state index < -0.39 is 11.6 Å². The molecule has 0 aromatic heterocycles. The van der Waals surface area contributed by atoms with E-state index >= 15 is 0 Å². The molecule has 1 aliphatic rings. The number of likely N-dealkylation sites (tertiary alicyclic amines) is 1. The number of carboxylic acid groups (broad SMARTS) is 1. The molecule has 158 valence electrons. The van der Waals surface area contributed by atoms with Gasteiger partial charge in [-0.1, -0.05) is 20.8 Å². The largest absolute Gasteiger partial charge is 0.493 e. The third kappa shape index (κ3) is 4.56. The zero-order valence-electron chi connectivity index (χ0n) is 18.0. The summed E-state index contributed by atoms with van der Waals surface area (Å²) in [5, 5.41) is 19.2. The van der Waals surface area contributed by atoms with Crippen LogP contribution in [0.4, 0.5) is 10.5 Å². The van der Waals surface area contributed by atoms with Crippen molar-refractivity contribution in [1.82, 2.24) is 9.80 Å². The molecule has 1 fully saturated rings. The smallest absolute Gasteiger partial charge is 0.407 e. The van der Waals surface area contributed by atoms with Crippen molar-refractivity contribution in [1.29, 1.82) is 5.26 Å². The lowest BCUT2D eigenvalue weighted by Gasteiger charge is -2.46. The normalized spacial score (nSPS) is 19.3. The van der Waals surface area contributed by atoms with Gasteiger partial charge >= 0.3 is 6.09 Å². The summed E-state index contributed by atoms with van der Waals surface area (Å²) >= 11 is 0. The average Bonchev–Trinajstić information content (AvgIpc) is 3.09. The van der Waals surface area contributed by atoms with Crippen LogP contribution >= 0.6 is 0 Å². The molecule has 0 spiro atoms. The third-order valence-corrected chi connectivity index (χ3v) is 5.41. The van der Waals surface area contributed by atoms with E-state index in [4.69, 9.17) is 9.47 Å². The summed E-state index contributed by atoms with van der Waals surface area (Å²) in [6.45, 7) is 6.75. The Labute approximate surface area is 172 Å². The molecule has 0 unspecified atom stereocenters. The first kappa shape index (κ1) is 22.3. The summed E-state index contributed by atoms with van der Waals surface area (Å²) in [6.07, 6.45) is 2.17. The number of carbonyl (C=O) groups is 1. The van der Waals surface area contributed by atoms with E-state index in [0.29, 0.717) is 35.7 Å². The Morgan fingerprint density at radius 2 is 2.10 bits per heavy atom. The Hall–Kier alpha value is -2.95. The van der Waals surface area contributed by atoms with Gasteiger partial charge in [-0.3, -0.25) is 4.90 Å². The highest BCUT2D eigenvalue weighted by atomic mass is 16.5. The van der Waals surface area contributed by atoms with Gasteiger partial charge < -0.3 is 19.5 Å². The summed E-state index contributed by atoms with van der Waals surface area (Å²) in [5.41, 5.74) is -0.160. The van der Waals surface area contributed by atoms with Crippen molar-refractivity contribution in [2.45, 2.75) is 39.2 Å². The highest BCUT2D eigenvalue weighted by Gasteiger charge is 2.52. The topological polar surface area (TPSA) is 98.4 Å². The van der Waals surface area contributed by atoms with Crippen LogP contribution in [0.2, 0.25) is 0 Å². The number of benzene rings is 1. The lowest BCUT2D eigenvalue weighted by molar-refractivity contribution is -0.00419. The Bertz CT molecular complexity index is 823. The van der Waals surface area contributed by atoms with Crippen LogP contribution in [0.3, 0.4) is 0 Å². The van der Waals surface area contributed by atoms with Gasteiger partial charge in [-0.2, -0.15) is 5.26 Å². The molecule has 0 saturated carbocycles. The summed E-state index contributed by atoms with van der Waals surface area (Å²) in [7, 11) is 5.18. The van der Waals surface area contributed by atoms with Crippen molar-refractivity contribution in [3.8, 4) is 17.6 Å². The minimum Gasteiger partial charge on any atom is -0.493 e. The first-order chi connectivity index (χ1) is 13.6. The number of rotatable bonds is 6. The number of aliphatic imine (C=N–C) groups is 1. The van der Waals surface area contributed by atoms with Gasteiger partial charge in [0.2, 0.25) is 0 Å².